The number of imidazole rings is 1. The first-order chi connectivity index (χ1) is 12.3. The standard InChI is InChI=1S/C20H26N4O2/c1-20(2,3)18(12-24-9-8-21-13-24)22-19(25)17-10-14-6-7-15(26-5)11-16(14)23(17)4/h6-11,13,18H,12H2,1-5H3,(H,22,25)/t18-/m0/s1. The number of aryl methyl sites for hydroxylation is 1. The van der Waals surface area contributed by atoms with Crippen LogP contribution >= 0.6 is 0 Å². The maximum atomic E-state index is 13.0. The van der Waals surface area contributed by atoms with Crippen LogP contribution in [0.2, 0.25) is 0 Å². The molecule has 6 heteroatoms. The molecule has 0 aliphatic carbocycles. The summed E-state index contributed by atoms with van der Waals surface area (Å²) in [6.07, 6.45) is 5.43. The van der Waals surface area contributed by atoms with E-state index in [4.69, 9.17) is 4.74 Å². The molecule has 0 fully saturated rings. The SMILES string of the molecule is COc1ccc2cc(C(=O)N[C@@H](Cn3ccnc3)C(C)(C)C)n(C)c2c1. The van der Waals surface area contributed by atoms with Crippen molar-refractivity contribution in [3.63, 3.8) is 0 Å². The van der Waals surface area contributed by atoms with E-state index < -0.39 is 0 Å². The Morgan fingerprint density at radius 1 is 1.31 bits per heavy atom. The van der Waals surface area contributed by atoms with Crippen LogP contribution in [-0.2, 0) is 13.6 Å². The number of rotatable bonds is 5. The van der Waals surface area contributed by atoms with Gasteiger partial charge in [-0.05, 0) is 23.6 Å². The molecule has 2 aromatic heterocycles. The summed E-state index contributed by atoms with van der Waals surface area (Å²) >= 11 is 0. The van der Waals surface area contributed by atoms with Crippen molar-refractivity contribution in [1.29, 1.82) is 0 Å². The van der Waals surface area contributed by atoms with Gasteiger partial charge in [-0.15, -0.1) is 0 Å². The minimum Gasteiger partial charge on any atom is -0.497 e. The van der Waals surface area contributed by atoms with E-state index in [0.717, 1.165) is 16.7 Å². The Morgan fingerprint density at radius 3 is 2.69 bits per heavy atom. The molecular weight excluding hydrogens is 328 g/mol. The summed E-state index contributed by atoms with van der Waals surface area (Å²) in [6, 6.07) is 7.70. The molecule has 0 aliphatic rings. The first kappa shape index (κ1) is 18.0. The molecule has 1 amide bonds. The molecular formula is C20H26N4O2. The number of aromatic nitrogens is 3. The van der Waals surface area contributed by atoms with Gasteiger partial charge in [-0.25, -0.2) is 4.98 Å². The first-order valence-corrected chi connectivity index (χ1v) is 8.69. The third kappa shape index (κ3) is 3.59. The van der Waals surface area contributed by atoms with Gasteiger partial charge in [-0.1, -0.05) is 20.8 Å². The summed E-state index contributed by atoms with van der Waals surface area (Å²) in [5.74, 6) is 0.695. The summed E-state index contributed by atoms with van der Waals surface area (Å²) in [7, 11) is 3.54. The van der Waals surface area contributed by atoms with Gasteiger partial charge in [-0.3, -0.25) is 4.79 Å². The van der Waals surface area contributed by atoms with Crippen LogP contribution in [0.4, 0.5) is 0 Å². The van der Waals surface area contributed by atoms with Gasteiger partial charge < -0.3 is 19.2 Å². The normalized spacial score (nSPS) is 13.0. The predicted octanol–water partition coefficient (Wildman–Crippen LogP) is 3.23. The smallest absolute Gasteiger partial charge is 0.268 e. The van der Waals surface area contributed by atoms with Gasteiger partial charge in [0.05, 0.1) is 25.0 Å². The highest BCUT2D eigenvalue weighted by molar-refractivity contribution is 5.99. The molecule has 1 aromatic carbocycles. The quantitative estimate of drug-likeness (QED) is 0.765. The maximum Gasteiger partial charge on any atom is 0.268 e. The Bertz CT molecular complexity index is 904. The number of ether oxygens (including phenoxy) is 1. The van der Waals surface area contributed by atoms with Crippen molar-refractivity contribution in [2.75, 3.05) is 7.11 Å². The number of nitrogens with zero attached hydrogens (tertiary/aromatic N) is 3. The topological polar surface area (TPSA) is 61.1 Å². The van der Waals surface area contributed by atoms with E-state index in [9.17, 15) is 4.79 Å². The van der Waals surface area contributed by atoms with Gasteiger partial charge in [0.1, 0.15) is 11.4 Å². The average Bonchev–Trinajstić information content (AvgIpc) is 3.21. The Balaban J connectivity index is 1.87. The lowest BCUT2D eigenvalue weighted by Gasteiger charge is -2.31. The molecule has 0 saturated heterocycles. The van der Waals surface area contributed by atoms with E-state index >= 15 is 0 Å². The number of nitrogens with one attached hydrogen (secondary N) is 1. The van der Waals surface area contributed by atoms with Crippen LogP contribution in [0, 0.1) is 5.41 Å². The molecule has 0 saturated carbocycles. The summed E-state index contributed by atoms with van der Waals surface area (Å²) < 4.78 is 9.19. The zero-order chi connectivity index (χ0) is 18.9. The molecule has 2 heterocycles. The van der Waals surface area contributed by atoms with Gasteiger partial charge in [0.2, 0.25) is 0 Å². The molecule has 138 valence electrons. The third-order valence-corrected chi connectivity index (χ3v) is 4.79. The Labute approximate surface area is 153 Å². The highest BCUT2D eigenvalue weighted by Crippen LogP contribution is 2.25. The van der Waals surface area contributed by atoms with Crippen LogP contribution in [0.15, 0.2) is 43.0 Å². The van der Waals surface area contributed by atoms with Gasteiger partial charge in [0.15, 0.2) is 0 Å². The fourth-order valence-electron chi connectivity index (χ4n) is 3.03. The lowest BCUT2D eigenvalue weighted by Crippen LogP contribution is -2.46. The Morgan fingerprint density at radius 2 is 2.08 bits per heavy atom. The predicted molar refractivity (Wildman–Crippen MR) is 102 cm³/mol. The van der Waals surface area contributed by atoms with Gasteiger partial charge in [0, 0.05) is 37.4 Å². The number of hydrogen-bond acceptors (Lipinski definition) is 3. The van der Waals surface area contributed by atoms with E-state index in [1.165, 1.54) is 0 Å². The molecule has 26 heavy (non-hydrogen) atoms. The Kier molecular flexibility index (Phi) is 4.76. The van der Waals surface area contributed by atoms with Crippen molar-refractivity contribution in [2.24, 2.45) is 12.5 Å². The van der Waals surface area contributed by atoms with Crippen molar-refractivity contribution in [2.45, 2.75) is 33.4 Å². The number of amides is 1. The van der Waals surface area contributed by atoms with Gasteiger partial charge >= 0.3 is 0 Å². The van der Waals surface area contributed by atoms with E-state index in [1.54, 1.807) is 19.6 Å². The zero-order valence-corrected chi connectivity index (χ0v) is 16.0. The highest BCUT2D eigenvalue weighted by Gasteiger charge is 2.28. The number of hydrogen-bond donors (Lipinski definition) is 1. The molecule has 1 N–H and O–H groups in total. The minimum atomic E-state index is -0.0895. The Hall–Kier alpha value is -2.76. The minimum absolute atomic E-state index is 0.0308. The van der Waals surface area contributed by atoms with Crippen molar-refractivity contribution in [1.82, 2.24) is 19.4 Å². The molecule has 0 radical (unpaired) electrons. The summed E-state index contributed by atoms with van der Waals surface area (Å²) in [5.41, 5.74) is 1.51. The van der Waals surface area contributed by atoms with Gasteiger partial charge in [0.25, 0.3) is 5.91 Å². The maximum absolute atomic E-state index is 13.0. The number of methoxy groups -OCH3 is 1. The number of carbonyl (C=O) groups excluding carboxylic acids is 1. The van der Waals surface area contributed by atoms with E-state index in [2.05, 4.69) is 31.1 Å². The lowest BCUT2D eigenvalue weighted by molar-refractivity contribution is 0.0884. The van der Waals surface area contributed by atoms with Crippen molar-refractivity contribution in [3.8, 4) is 5.75 Å². The van der Waals surface area contributed by atoms with E-state index in [-0.39, 0.29) is 17.4 Å². The highest BCUT2D eigenvalue weighted by atomic mass is 16.5. The second-order valence-electron chi connectivity index (χ2n) is 7.66. The number of carbonyl (C=O) groups is 1. The zero-order valence-electron chi connectivity index (χ0n) is 16.0. The van der Waals surface area contributed by atoms with Crippen LogP contribution in [0.25, 0.3) is 10.9 Å². The van der Waals surface area contributed by atoms with Gasteiger partial charge in [-0.2, -0.15) is 0 Å². The van der Waals surface area contributed by atoms with E-state index in [0.29, 0.717) is 12.2 Å². The summed E-state index contributed by atoms with van der Waals surface area (Å²) in [6.45, 7) is 7.05. The molecule has 3 rings (SSSR count). The van der Waals surface area contributed by atoms with Crippen LogP contribution in [0.5, 0.6) is 5.75 Å². The number of fused-ring (bicyclic) bond motifs is 1. The average molecular weight is 354 g/mol. The largest absolute Gasteiger partial charge is 0.497 e. The lowest BCUT2D eigenvalue weighted by atomic mass is 9.86. The fourth-order valence-corrected chi connectivity index (χ4v) is 3.03. The van der Waals surface area contributed by atoms with Crippen LogP contribution < -0.4 is 10.1 Å². The third-order valence-electron chi connectivity index (χ3n) is 4.79. The molecule has 0 bridgehead atoms. The fraction of sp³-hybridized carbons (Fsp3) is 0.400. The van der Waals surface area contributed by atoms with Crippen molar-refractivity contribution < 1.29 is 9.53 Å². The molecule has 0 aliphatic heterocycles. The van der Waals surface area contributed by atoms with Crippen LogP contribution in [0.3, 0.4) is 0 Å². The summed E-state index contributed by atoms with van der Waals surface area (Å²) in [4.78, 5) is 17.1. The van der Waals surface area contributed by atoms with Crippen LogP contribution in [-0.4, -0.2) is 33.2 Å². The molecule has 0 spiro atoms. The molecule has 0 unspecified atom stereocenters. The second-order valence-corrected chi connectivity index (χ2v) is 7.66. The molecule has 3 aromatic rings. The van der Waals surface area contributed by atoms with E-state index in [1.807, 2.05) is 46.6 Å². The monoisotopic (exact) mass is 354 g/mol. The van der Waals surface area contributed by atoms with Crippen LogP contribution in [0.1, 0.15) is 31.3 Å². The first-order valence-electron chi connectivity index (χ1n) is 8.69. The van der Waals surface area contributed by atoms with Crippen molar-refractivity contribution in [3.05, 3.63) is 48.7 Å². The van der Waals surface area contributed by atoms with Crippen molar-refractivity contribution >= 4 is 16.8 Å². The number of benzene rings is 1. The second kappa shape index (κ2) is 6.86. The summed E-state index contributed by atoms with van der Waals surface area (Å²) in [5, 5.41) is 4.22. The molecule has 6 nitrogen and oxygen atoms in total. The molecule has 1 atom stereocenters.